The van der Waals surface area contributed by atoms with E-state index in [4.69, 9.17) is 14.5 Å². The zero-order chi connectivity index (χ0) is 24.5. The first-order valence-electron chi connectivity index (χ1n) is 9.75. The number of hydrogen-bond donors (Lipinski definition) is 6. The summed E-state index contributed by atoms with van der Waals surface area (Å²) in [5.74, 6) is 0.427. The minimum atomic E-state index is -5.31. The Hall–Kier alpha value is -2.29. The van der Waals surface area contributed by atoms with Gasteiger partial charge in [-0.3, -0.25) is 9.09 Å². The van der Waals surface area contributed by atoms with Crippen molar-refractivity contribution in [2.75, 3.05) is 11.9 Å². The maximum absolute atomic E-state index is 11.6. The SMILES string of the molecule is O=P(O)(O)OP(=O)(O)OC[C@H]1O[C@@H](n2cnc3c(NCc4ccccc4)ncnc32)[C@H](O)[C@@H]1O. The number of imidazole rings is 1. The molecule has 0 radical (unpaired) electrons. The molecule has 1 aliphatic rings. The topological polar surface area (TPSA) is 219 Å². The normalized spacial score (nSPS) is 24.9. The number of aliphatic hydroxyl groups excluding tert-OH is 2. The molecule has 1 aromatic carbocycles. The van der Waals surface area contributed by atoms with Crippen LogP contribution in [-0.2, 0) is 29.2 Å². The molecule has 5 atom stereocenters. The molecular weight excluding hydrogens is 496 g/mol. The van der Waals surface area contributed by atoms with Crippen molar-refractivity contribution >= 4 is 32.6 Å². The van der Waals surface area contributed by atoms with Crippen LogP contribution in [0, 0.1) is 0 Å². The van der Waals surface area contributed by atoms with Crippen LogP contribution in [0.3, 0.4) is 0 Å². The summed E-state index contributed by atoms with van der Waals surface area (Å²) in [5.41, 5.74) is 1.66. The zero-order valence-electron chi connectivity index (χ0n) is 17.2. The van der Waals surface area contributed by atoms with Gasteiger partial charge in [0.1, 0.15) is 24.6 Å². The molecule has 1 unspecified atom stereocenters. The summed E-state index contributed by atoms with van der Waals surface area (Å²) in [7, 11) is -10.5. The molecule has 34 heavy (non-hydrogen) atoms. The van der Waals surface area contributed by atoms with Gasteiger partial charge < -0.3 is 34.9 Å². The molecule has 2 aromatic heterocycles. The second-order valence-corrected chi connectivity index (χ2v) is 10.1. The maximum Gasteiger partial charge on any atom is 0.481 e. The molecule has 15 nitrogen and oxygen atoms in total. The number of rotatable bonds is 9. The predicted molar refractivity (Wildman–Crippen MR) is 114 cm³/mol. The van der Waals surface area contributed by atoms with Crippen molar-refractivity contribution < 1.29 is 47.6 Å². The van der Waals surface area contributed by atoms with Crippen molar-refractivity contribution in [1.29, 1.82) is 0 Å². The summed E-state index contributed by atoms with van der Waals surface area (Å²) < 4.78 is 37.5. The molecule has 0 bridgehead atoms. The Bertz CT molecular complexity index is 1240. The lowest BCUT2D eigenvalue weighted by atomic mass is 10.1. The quantitative estimate of drug-likeness (QED) is 0.210. The Morgan fingerprint density at radius 2 is 1.79 bits per heavy atom. The van der Waals surface area contributed by atoms with Gasteiger partial charge in [0.15, 0.2) is 23.2 Å². The molecule has 0 saturated carbocycles. The fourth-order valence-electron chi connectivity index (χ4n) is 3.37. The first-order valence-corrected chi connectivity index (χ1v) is 12.8. The molecule has 1 aliphatic heterocycles. The van der Waals surface area contributed by atoms with Crippen LogP contribution in [0.25, 0.3) is 11.2 Å². The second-order valence-electron chi connectivity index (χ2n) is 7.27. The zero-order valence-corrected chi connectivity index (χ0v) is 19.0. The number of anilines is 1. The lowest BCUT2D eigenvalue weighted by Crippen LogP contribution is -2.33. The van der Waals surface area contributed by atoms with Crippen molar-refractivity contribution in [3.05, 3.63) is 48.5 Å². The van der Waals surface area contributed by atoms with Crippen LogP contribution in [0.2, 0.25) is 0 Å². The van der Waals surface area contributed by atoms with Gasteiger partial charge in [-0.25, -0.2) is 24.1 Å². The minimum absolute atomic E-state index is 0.279. The van der Waals surface area contributed by atoms with Gasteiger partial charge in [0.05, 0.1) is 12.9 Å². The number of hydrogen-bond acceptors (Lipinski definition) is 11. The molecule has 17 heteroatoms. The number of fused-ring (bicyclic) bond motifs is 1. The van der Waals surface area contributed by atoms with E-state index in [0.717, 1.165) is 5.56 Å². The van der Waals surface area contributed by atoms with Gasteiger partial charge >= 0.3 is 15.6 Å². The fraction of sp³-hybridized carbons (Fsp3) is 0.353. The Morgan fingerprint density at radius 1 is 1.06 bits per heavy atom. The van der Waals surface area contributed by atoms with E-state index in [0.29, 0.717) is 17.9 Å². The molecular formula is C17H21N5O10P2. The molecule has 0 aliphatic carbocycles. The number of aliphatic hydroxyl groups is 2. The van der Waals surface area contributed by atoms with Crippen LogP contribution < -0.4 is 5.32 Å². The Kier molecular flexibility index (Phi) is 7.12. The molecule has 1 saturated heterocycles. The van der Waals surface area contributed by atoms with Crippen LogP contribution >= 0.6 is 15.6 Å². The molecule has 4 rings (SSSR count). The van der Waals surface area contributed by atoms with E-state index in [-0.39, 0.29) is 5.65 Å². The summed E-state index contributed by atoms with van der Waals surface area (Å²) >= 11 is 0. The first-order chi connectivity index (χ1) is 16.0. The largest absolute Gasteiger partial charge is 0.481 e. The van der Waals surface area contributed by atoms with Crippen molar-refractivity contribution in [2.24, 2.45) is 0 Å². The monoisotopic (exact) mass is 517 g/mol. The Balaban J connectivity index is 1.48. The third-order valence-electron chi connectivity index (χ3n) is 4.88. The van der Waals surface area contributed by atoms with Gasteiger partial charge in [-0.2, -0.15) is 4.31 Å². The van der Waals surface area contributed by atoms with Crippen molar-refractivity contribution in [2.45, 2.75) is 31.1 Å². The van der Waals surface area contributed by atoms with Crippen LogP contribution in [0.1, 0.15) is 11.8 Å². The number of phosphoric acid groups is 2. The number of phosphoric ester groups is 1. The Labute approximate surface area is 191 Å². The first kappa shape index (κ1) is 24.8. The molecule has 0 amide bonds. The van der Waals surface area contributed by atoms with E-state index in [2.05, 4.69) is 29.1 Å². The average molecular weight is 517 g/mol. The van der Waals surface area contributed by atoms with E-state index >= 15 is 0 Å². The van der Waals surface area contributed by atoms with Gasteiger partial charge in [-0.15, -0.1) is 0 Å². The second kappa shape index (κ2) is 9.76. The Morgan fingerprint density at radius 3 is 2.50 bits per heavy atom. The van der Waals surface area contributed by atoms with E-state index < -0.39 is 46.8 Å². The standard InChI is InChI=1S/C17H21N5O10P2/c23-13-11(7-30-34(28,29)32-33(25,26)27)31-17(14(13)24)22-9-21-12-15(19-8-20-16(12)22)18-6-10-4-2-1-3-5-10/h1-5,8-9,11,13-14,17,23-24H,6-7H2,(H,28,29)(H,18,19,20)(H2,25,26,27)/t11-,13-,14-,17-/m1/s1. The summed E-state index contributed by atoms with van der Waals surface area (Å²) in [6.07, 6.45) is -3.02. The van der Waals surface area contributed by atoms with Crippen LogP contribution in [-0.4, -0.2) is 69.3 Å². The summed E-state index contributed by atoms with van der Waals surface area (Å²) in [5, 5.41) is 23.9. The predicted octanol–water partition coefficient (Wildman–Crippen LogP) is 0.284. The van der Waals surface area contributed by atoms with Crippen LogP contribution in [0.15, 0.2) is 43.0 Å². The summed E-state index contributed by atoms with van der Waals surface area (Å²) in [6, 6.07) is 9.58. The summed E-state index contributed by atoms with van der Waals surface area (Å²) in [6.45, 7) is -0.341. The number of nitrogens with zero attached hydrogens (tertiary/aromatic N) is 4. The average Bonchev–Trinajstić information content (AvgIpc) is 3.32. The molecule has 1 fully saturated rings. The third kappa shape index (κ3) is 5.67. The van der Waals surface area contributed by atoms with Gasteiger partial charge in [0, 0.05) is 6.54 Å². The van der Waals surface area contributed by atoms with Gasteiger partial charge in [0.25, 0.3) is 0 Å². The lowest BCUT2D eigenvalue weighted by molar-refractivity contribution is -0.0503. The van der Waals surface area contributed by atoms with Gasteiger partial charge in [0.2, 0.25) is 0 Å². The molecule has 184 valence electrons. The van der Waals surface area contributed by atoms with Crippen LogP contribution in [0.5, 0.6) is 0 Å². The van der Waals surface area contributed by atoms with E-state index in [9.17, 15) is 24.2 Å². The highest BCUT2D eigenvalue weighted by atomic mass is 31.3. The van der Waals surface area contributed by atoms with Crippen LogP contribution in [0.4, 0.5) is 5.82 Å². The molecule has 6 N–H and O–H groups in total. The number of benzene rings is 1. The fourth-order valence-corrected chi connectivity index (χ4v) is 4.97. The highest BCUT2D eigenvalue weighted by molar-refractivity contribution is 7.60. The minimum Gasteiger partial charge on any atom is -0.387 e. The van der Waals surface area contributed by atoms with Crippen molar-refractivity contribution in [1.82, 2.24) is 19.5 Å². The maximum atomic E-state index is 11.6. The molecule has 0 spiro atoms. The molecule has 3 aromatic rings. The number of nitrogens with one attached hydrogen (secondary N) is 1. The highest BCUT2D eigenvalue weighted by Crippen LogP contribution is 2.57. The van der Waals surface area contributed by atoms with E-state index in [1.165, 1.54) is 17.2 Å². The lowest BCUT2D eigenvalue weighted by Gasteiger charge is -2.17. The van der Waals surface area contributed by atoms with E-state index in [1.54, 1.807) is 0 Å². The van der Waals surface area contributed by atoms with Crippen molar-refractivity contribution in [3.8, 4) is 0 Å². The van der Waals surface area contributed by atoms with Gasteiger partial charge in [-0.05, 0) is 5.56 Å². The van der Waals surface area contributed by atoms with Crippen molar-refractivity contribution in [3.63, 3.8) is 0 Å². The number of aromatic nitrogens is 4. The smallest absolute Gasteiger partial charge is 0.387 e. The van der Waals surface area contributed by atoms with E-state index in [1.807, 2.05) is 30.3 Å². The highest BCUT2D eigenvalue weighted by Gasteiger charge is 2.46. The third-order valence-corrected chi connectivity index (χ3v) is 7.04. The van der Waals surface area contributed by atoms with Gasteiger partial charge in [-0.1, -0.05) is 30.3 Å². The summed E-state index contributed by atoms with van der Waals surface area (Å²) in [4.78, 5) is 39.3. The number of ether oxygens (including phenoxy) is 1. The molecule has 3 heterocycles.